The highest BCUT2D eigenvalue weighted by Crippen LogP contribution is 2.38. The first-order valence-electron chi connectivity index (χ1n) is 6.71. The van der Waals surface area contributed by atoms with Crippen molar-refractivity contribution < 1.29 is 14.6 Å². The summed E-state index contributed by atoms with van der Waals surface area (Å²) < 4.78 is 5.38. The molecule has 0 aliphatic rings. The number of rotatable bonds is 8. The Hall–Kier alpha value is -0.680. The number of amides is 1. The maximum absolute atomic E-state index is 12.0. The van der Waals surface area contributed by atoms with E-state index in [0.717, 1.165) is 19.4 Å². The molecule has 0 unspecified atom stereocenters. The Bertz CT molecular complexity index is 469. The van der Waals surface area contributed by atoms with Crippen molar-refractivity contribution in [3.8, 4) is 5.75 Å². The zero-order chi connectivity index (χ0) is 15.8. The minimum atomic E-state index is -0.518. The van der Waals surface area contributed by atoms with Crippen LogP contribution in [0.2, 0.25) is 15.1 Å². The van der Waals surface area contributed by atoms with Crippen LogP contribution in [-0.2, 0) is 4.74 Å². The Morgan fingerprint density at radius 1 is 1.24 bits per heavy atom. The SMILES string of the molecule is CCCCOCCCNC(=O)c1c(O)c(Cl)cc(Cl)c1Cl. The van der Waals surface area contributed by atoms with Gasteiger partial charge in [-0.3, -0.25) is 4.79 Å². The molecule has 0 fully saturated rings. The Balaban J connectivity index is 2.50. The van der Waals surface area contributed by atoms with Crippen molar-refractivity contribution in [2.75, 3.05) is 19.8 Å². The number of carbonyl (C=O) groups is 1. The third kappa shape index (κ3) is 5.55. The van der Waals surface area contributed by atoms with E-state index in [1.807, 2.05) is 0 Å². The van der Waals surface area contributed by atoms with Crippen LogP contribution < -0.4 is 5.32 Å². The van der Waals surface area contributed by atoms with E-state index in [1.54, 1.807) is 0 Å². The van der Waals surface area contributed by atoms with Gasteiger partial charge in [0.1, 0.15) is 11.3 Å². The Morgan fingerprint density at radius 2 is 1.90 bits per heavy atom. The van der Waals surface area contributed by atoms with E-state index < -0.39 is 5.91 Å². The van der Waals surface area contributed by atoms with Gasteiger partial charge in [-0.05, 0) is 18.9 Å². The molecule has 21 heavy (non-hydrogen) atoms. The number of phenolic OH excluding ortho intramolecular Hbond substituents is 1. The molecule has 0 aromatic heterocycles. The fraction of sp³-hybridized carbons (Fsp3) is 0.500. The minimum absolute atomic E-state index is 0.0163. The predicted octanol–water partition coefficient (Wildman–Crippen LogP) is 4.29. The van der Waals surface area contributed by atoms with Gasteiger partial charge in [0.05, 0.1) is 15.1 Å². The summed E-state index contributed by atoms with van der Waals surface area (Å²) in [5.74, 6) is -0.891. The van der Waals surface area contributed by atoms with Gasteiger partial charge in [-0.1, -0.05) is 48.1 Å². The van der Waals surface area contributed by atoms with Gasteiger partial charge in [-0.15, -0.1) is 0 Å². The van der Waals surface area contributed by atoms with Crippen molar-refractivity contribution in [3.63, 3.8) is 0 Å². The molecule has 0 atom stereocenters. The third-order valence-corrected chi connectivity index (χ3v) is 3.84. The molecule has 118 valence electrons. The van der Waals surface area contributed by atoms with Crippen LogP contribution in [-0.4, -0.2) is 30.8 Å². The molecule has 2 N–H and O–H groups in total. The molecule has 1 aromatic rings. The highest BCUT2D eigenvalue weighted by molar-refractivity contribution is 6.45. The minimum Gasteiger partial charge on any atom is -0.505 e. The largest absolute Gasteiger partial charge is 0.505 e. The fourth-order valence-corrected chi connectivity index (χ4v) is 2.30. The van der Waals surface area contributed by atoms with Crippen molar-refractivity contribution in [1.82, 2.24) is 5.32 Å². The quantitative estimate of drug-likeness (QED) is 0.541. The number of hydrogen-bond acceptors (Lipinski definition) is 3. The van der Waals surface area contributed by atoms with E-state index >= 15 is 0 Å². The zero-order valence-electron chi connectivity index (χ0n) is 11.7. The first kappa shape index (κ1) is 18.4. The molecule has 1 amide bonds. The maximum Gasteiger partial charge on any atom is 0.256 e. The highest BCUT2D eigenvalue weighted by Gasteiger charge is 2.20. The lowest BCUT2D eigenvalue weighted by molar-refractivity contribution is 0.0938. The molecule has 0 spiro atoms. The van der Waals surface area contributed by atoms with Crippen molar-refractivity contribution in [2.24, 2.45) is 0 Å². The summed E-state index contributed by atoms with van der Waals surface area (Å²) in [5, 5.41) is 12.5. The molecule has 0 saturated carbocycles. The summed E-state index contributed by atoms with van der Waals surface area (Å²) >= 11 is 17.5. The summed E-state index contributed by atoms with van der Waals surface area (Å²) in [4.78, 5) is 12.0. The van der Waals surface area contributed by atoms with E-state index in [4.69, 9.17) is 39.5 Å². The zero-order valence-corrected chi connectivity index (χ0v) is 14.0. The second-order valence-corrected chi connectivity index (χ2v) is 5.65. The van der Waals surface area contributed by atoms with E-state index in [2.05, 4.69) is 12.2 Å². The van der Waals surface area contributed by atoms with Gasteiger partial charge in [-0.2, -0.15) is 0 Å². The maximum atomic E-state index is 12.0. The van der Waals surface area contributed by atoms with Gasteiger partial charge in [-0.25, -0.2) is 0 Å². The lowest BCUT2D eigenvalue weighted by Crippen LogP contribution is -2.25. The topological polar surface area (TPSA) is 58.6 Å². The summed E-state index contributed by atoms with van der Waals surface area (Å²) in [5.41, 5.74) is -0.110. The van der Waals surface area contributed by atoms with Gasteiger partial charge < -0.3 is 15.2 Å². The predicted molar refractivity (Wildman–Crippen MR) is 85.8 cm³/mol. The van der Waals surface area contributed by atoms with Crippen LogP contribution >= 0.6 is 34.8 Å². The average molecular weight is 355 g/mol. The average Bonchev–Trinajstić information content (AvgIpc) is 2.44. The molecule has 0 radical (unpaired) electrons. The molecule has 0 bridgehead atoms. The van der Waals surface area contributed by atoms with Crippen LogP contribution in [0.15, 0.2) is 6.07 Å². The number of unbranched alkanes of at least 4 members (excludes halogenated alkanes) is 1. The number of aromatic hydroxyl groups is 1. The summed E-state index contributed by atoms with van der Waals surface area (Å²) in [6.07, 6.45) is 2.78. The van der Waals surface area contributed by atoms with Crippen LogP contribution in [0.5, 0.6) is 5.75 Å². The van der Waals surface area contributed by atoms with Crippen molar-refractivity contribution in [1.29, 1.82) is 0 Å². The van der Waals surface area contributed by atoms with E-state index in [-0.39, 0.29) is 26.4 Å². The molecular weight excluding hydrogens is 337 g/mol. The molecule has 0 heterocycles. The van der Waals surface area contributed by atoms with E-state index in [1.165, 1.54) is 6.07 Å². The van der Waals surface area contributed by atoms with Crippen molar-refractivity contribution in [2.45, 2.75) is 26.2 Å². The Kier molecular flexibility index (Phi) is 8.19. The van der Waals surface area contributed by atoms with Gasteiger partial charge in [0.15, 0.2) is 0 Å². The van der Waals surface area contributed by atoms with Gasteiger partial charge in [0, 0.05) is 19.8 Å². The van der Waals surface area contributed by atoms with Gasteiger partial charge in [0.2, 0.25) is 0 Å². The molecule has 1 aromatic carbocycles. The van der Waals surface area contributed by atoms with E-state index in [9.17, 15) is 9.90 Å². The summed E-state index contributed by atoms with van der Waals surface area (Å²) in [6.45, 7) is 3.79. The number of ether oxygens (including phenoxy) is 1. The monoisotopic (exact) mass is 353 g/mol. The second kappa shape index (κ2) is 9.36. The molecule has 0 saturated heterocycles. The summed E-state index contributed by atoms with van der Waals surface area (Å²) in [6, 6.07) is 1.29. The molecule has 4 nitrogen and oxygen atoms in total. The number of carbonyl (C=O) groups excluding carboxylic acids is 1. The standard InChI is InChI=1S/C14H18Cl3NO3/c1-2-3-6-21-7-4-5-18-14(20)11-12(17)9(15)8-10(16)13(11)19/h8,19H,2-7H2,1H3,(H,18,20). The lowest BCUT2D eigenvalue weighted by Gasteiger charge is -2.11. The summed E-state index contributed by atoms with van der Waals surface area (Å²) in [7, 11) is 0. The Morgan fingerprint density at radius 3 is 2.57 bits per heavy atom. The molecule has 0 aliphatic carbocycles. The molecule has 7 heteroatoms. The van der Waals surface area contributed by atoms with Crippen molar-refractivity contribution in [3.05, 3.63) is 26.7 Å². The Labute approximate surface area is 139 Å². The second-order valence-electron chi connectivity index (χ2n) is 4.45. The van der Waals surface area contributed by atoms with Crippen LogP contribution in [0.4, 0.5) is 0 Å². The highest BCUT2D eigenvalue weighted by atomic mass is 35.5. The fourth-order valence-electron chi connectivity index (χ4n) is 1.61. The number of nitrogens with one attached hydrogen (secondary N) is 1. The lowest BCUT2D eigenvalue weighted by atomic mass is 10.2. The smallest absolute Gasteiger partial charge is 0.256 e. The van der Waals surface area contributed by atoms with Crippen LogP contribution in [0.3, 0.4) is 0 Å². The van der Waals surface area contributed by atoms with Crippen LogP contribution in [0, 0.1) is 0 Å². The first-order chi connectivity index (χ1) is 9.99. The number of hydrogen-bond donors (Lipinski definition) is 2. The molecule has 0 aliphatic heterocycles. The molecular formula is C14H18Cl3NO3. The normalized spacial score (nSPS) is 10.7. The van der Waals surface area contributed by atoms with Crippen molar-refractivity contribution >= 4 is 40.7 Å². The number of benzene rings is 1. The first-order valence-corrected chi connectivity index (χ1v) is 7.84. The number of halogens is 3. The molecule has 1 rings (SSSR count). The van der Waals surface area contributed by atoms with Gasteiger partial charge in [0.25, 0.3) is 5.91 Å². The number of phenols is 1. The van der Waals surface area contributed by atoms with Gasteiger partial charge >= 0.3 is 0 Å². The van der Waals surface area contributed by atoms with E-state index in [0.29, 0.717) is 19.6 Å². The van der Waals surface area contributed by atoms with Crippen LogP contribution in [0.25, 0.3) is 0 Å². The third-order valence-electron chi connectivity index (χ3n) is 2.77. The van der Waals surface area contributed by atoms with Crippen LogP contribution in [0.1, 0.15) is 36.5 Å².